The second-order valence-electron chi connectivity index (χ2n) is 5.69. The number of methoxy groups -OCH3 is 1. The monoisotopic (exact) mass is 330 g/mol. The van der Waals surface area contributed by atoms with Crippen LogP contribution in [0.2, 0.25) is 0 Å². The zero-order chi connectivity index (χ0) is 15.1. The molecular weight excluding hydrogens is 303 g/mol. The molecule has 1 fully saturated rings. The minimum Gasteiger partial charge on any atom is -0.494 e. The molecule has 1 aromatic rings. The number of benzene rings is 1. The molecule has 2 rings (SSSR count). The van der Waals surface area contributed by atoms with Gasteiger partial charge >= 0.3 is 0 Å². The van der Waals surface area contributed by atoms with Crippen LogP contribution in [0.15, 0.2) is 18.2 Å². The highest BCUT2D eigenvalue weighted by atomic mass is 35.5. The molecule has 3 nitrogen and oxygen atoms in total. The molecule has 5 heteroatoms. The van der Waals surface area contributed by atoms with Crippen molar-refractivity contribution < 1.29 is 9.13 Å². The molecule has 0 aliphatic carbocycles. The predicted molar refractivity (Wildman–Crippen MR) is 91.5 cm³/mol. The third-order valence-corrected chi connectivity index (χ3v) is 4.23. The maximum atomic E-state index is 14.0. The Labute approximate surface area is 139 Å². The van der Waals surface area contributed by atoms with Crippen LogP contribution in [-0.2, 0) is 0 Å². The largest absolute Gasteiger partial charge is 0.494 e. The van der Waals surface area contributed by atoms with E-state index in [1.807, 2.05) is 6.07 Å². The van der Waals surface area contributed by atoms with Gasteiger partial charge in [0.15, 0.2) is 11.6 Å². The summed E-state index contributed by atoms with van der Waals surface area (Å²) in [5, 5.41) is 3.38. The Hall–Kier alpha value is -0.840. The van der Waals surface area contributed by atoms with Crippen molar-refractivity contribution in [3.05, 3.63) is 29.6 Å². The van der Waals surface area contributed by atoms with Gasteiger partial charge < -0.3 is 10.1 Å². The van der Waals surface area contributed by atoms with Crippen LogP contribution in [0.4, 0.5) is 4.39 Å². The van der Waals surface area contributed by atoms with Crippen LogP contribution in [0.1, 0.15) is 44.2 Å². The fourth-order valence-corrected chi connectivity index (χ4v) is 3.03. The number of hydrogen-bond acceptors (Lipinski definition) is 3. The number of nitrogens with zero attached hydrogens (tertiary/aromatic N) is 1. The van der Waals surface area contributed by atoms with Crippen LogP contribution in [0.5, 0.6) is 5.75 Å². The van der Waals surface area contributed by atoms with Crippen LogP contribution < -0.4 is 10.1 Å². The average Bonchev–Trinajstić information content (AvgIpc) is 2.52. The molecule has 1 N–H and O–H groups in total. The van der Waals surface area contributed by atoms with Crippen LogP contribution in [0.3, 0.4) is 0 Å². The lowest BCUT2D eigenvalue weighted by Gasteiger charge is -2.35. The van der Waals surface area contributed by atoms with Crippen LogP contribution >= 0.6 is 12.4 Å². The van der Waals surface area contributed by atoms with Crippen LogP contribution in [0, 0.1) is 5.82 Å². The number of piperazine rings is 1. The molecule has 1 heterocycles. The van der Waals surface area contributed by atoms with Gasteiger partial charge in [0.25, 0.3) is 0 Å². The van der Waals surface area contributed by atoms with Gasteiger partial charge in [0.05, 0.1) is 7.11 Å². The summed E-state index contributed by atoms with van der Waals surface area (Å²) < 4.78 is 19.0. The van der Waals surface area contributed by atoms with E-state index >= 15 is 0 Å². The quantitative estimate of drug-likeness (QED) is 0.770. The molecule has 1 atom stereocenters. The van der Waals surface area contributed by atoms with Gasteiger partial charge in [-0.15, -0.1) is 12.4 Å². The fraction of sp³-hybridized carbons (Fsp3) is 0.647. The van der Waals surface area contributed by atoms with E-state index < -0.39 is 0 Å². The second-order valence-corrected chi connectivity index (χ2v) is 5.69. The zero-order valence-corrected chi connectivity index (χ0v) is 14.4. The van der Waals surface area contributed by atoms with Gasteiger partial charge in [-0.1, -0.05) is 32.3 Å². The summed E-state index contributed by atoms with van der Waals surface area (Å²) in [5.74, 6) is 0.0667. The molecule has 22 heavy (non-hydrogen) atoms. The summed E-state index contributed by atoms with van der Waals surface area (Å²) in [5.41, 5.74) is 1.08. The lowest BCUT2D eigenvalue weighted by molar-refractivity contribution is 0.162. The molecule has 1 saturated heterocycles. The fourth-order valence-electron chi connectivity index (χ4n) is 3.03. The van der Waals surface area contributed by atoms with Crippen molar-refractivity contribution >= 4 is 12.4 Å². The number of hydrogen-bond donors (Lipinski definition) is 1. The van der Waals surface area contributed by atoms with Crippen molar-refractivity contribution in [1.82, 2.24) is 10.2 Å². The molecule has 126 valence electrons. The van der Waals surface area contributed by atoms with E-state index in [0.29, 0.717) is 11.8 Å². The Morgan fingerprint density at radius 2 is 2.00 bits per heavy atom. The number of halogens is 2. The van der Waals surface area contributed by atoms with Crippen molar-refractivity contribution in [3.8, 4) is 5.75 Å². The molecule has 0 aromatic heterocycles. The number of ether oxygens (including phenoxy) is 1. The molecular formula is C17H28ClFN2O. The Balaban J connectivity index is 0.00000242. The van der Waals surface area contributed by atoms with E-state index in [1.54, 1.807) is 12.1 Å². The van der Waals surface area contributed by atoms with Gasteiger partial charge in [-0.05, 0) is 24.1 Å². The molecule has 0 saturated carbocycles. The van der Waals surface area contributed by atoms with E-state index in [2.05, 4.69) is 17.1 Å². The summed E-state index contributed by atoms with van der Waals surface area (Å²) in [6.45, 7) is 6.31. The topological polar surface area (TPSA) is 24.5 Å². The Kier molecular flexibility index (Phi) is 8.76. The van der Waals surface area contributed by atoms with Gasteiger partial charge in [0.1, 0.15) is 0 Å². The molecule has 0 bridgehead atoms. The van der Waals surface area contributed by atoms with Crippen molar-refractivity contribution in [2.75, 3.05) is 33.3 Å². The van der Waals surface area contributed by atoms with E-state index in [-0.39, 0.29) is 18.2 Å². The Morgan fingerprint density at radius 3 is 2.59 bits per heavy atom. The number of unbranched alkanes of at least 4 members (excludes halogenated alkanes) is 2. The summed E-state index contributed by atoms with van der Waals surface area (Å²) >= 11 is 0. The summed E-state index contributed by atoms with van der Waals surface area (Å²) in [7, 11) is 1.51. The first-order valence-corrected chi connectivity index (χ1v) is 8.04. The lowest BCUT2D eigenvalue weighted by atomic mass is 9.98. The highest BCUT2D eigenvalue weighted by Crippen LogP contribution is 2.30. The molecule has 0 spiro atoms. The first-order chi connectivity index (χ1) is 10.3. The van der Waals surface area contributed by atoms with E-state index in [1.165, 1.54) is 26.4 Å². The van der Waals surface area contributed by atoms with Gasteiger partial charge in [0.2, 0.25) is 0 Å². The standard InChI is InChI=1S/C17H27FN2O.ClH/c1-3-4-5-6-16(20-11-9-19-10-12-20)14-7-8-17(21-2)15(18)13-14;/h7-8,13,16,19H,3-6,9-12H2,1-2H3;1H/t16-;/m0./s1. The van der Waals surface area contributed by atoms with Crippen molar-refractivity contribution in [2.45, 2.75) is 38.6 Å². The Morgan fingerprint density at radius 1 is 1.27 bits per heavy atom. The van der Waals surface area contributed by atoms with Gasteiger partial charge in [0, 0.05) is 32.2 Å². The van der Waals surface area contributed by atoms with E-state index in [9.17, 15) is 4.39 Å². The van der Waals surface area contributed by atoms with Crippen molar-refractivity contribution in [2.24, 2.45) is 0 Å². The first kappa shape index (κ1) is 19.2. The molecule has 1 aliphatic rings. The number of rotatable bonds is 7. The van der Waals surface area contributed by atoms with Gasteiger partial charge in [-0.3, -0.25) is 4.90 Å². The molecule has 1 aromatic carbocycles. The molecule has 0 radical (unpaired) electrons. The Bertz CT molecular complexity index is 439. The third kappa shape index (κ3) is 5.11. The lowest BCUT2D eigenvalue weighted by Crippen LogP contribution is -2.45. The van der Waals surface area contributed by atoms with Crippen LogP contribution in [0.25, 0.3) is 0 Å². The van der Waals surface area contributed by atoms with Gasteiger partial charge in [-0.25, -0.2) is 4.39 Å². The summed E-state index contributed by atoms with van der Waals surface area (Å²) in [6, 6.07) is 5.73. The van der Waals surface area contributed by atoms with E-state index in [0.717, 1.165) is 38.2 Å². The minimum atomic E-state index is -0.259. The number of nitrogens with one attached hydrogen (secondary N) is 1. The van der Waals surface area contributed by atoms with Gasteiger partial charge in [-0.2, -0.15) is 0 Å². The van der Waals surface area contributed by atoms with Crippen molar-refractivity contribution in [1.29, 1.82) is 0 Å². The van der Waals surface area contributed by atoms with E-state index in [4.69, 9.17) is 4.74 Å². The zero-order valence-electron chi connectivity index (χ0n) is 13.6. The molecule has 0 amide bonds. The molecule has 1 aliphatic heterocycles. The third-order valence-electron chi connectivity index (χ3n) is 4.23. The molecule has 0 unspecified atom stereocenters. The van der Waals surface area contributed by atoms with Crippen molar-refractivity contribution in [3.63, 3.8) is 0 Å². The highest BCUT2D eigenvalue weighted by molar-refractivity contribution is 5.85. The second kappa shape index (κ2) is 10.0. The van der Waals surface area contributed by atoms with Crippen LogP contribution in [-0.4, -0.2) is 38.2 Å². The summed E-state index contributed by atoms with van der Waals surface area (Å²) in [6.07, 6.45) is 4.74. The normalized spacial score (nSPS) is 16.9. The first-order valence-electron chi connectivity index (χ1n) is 8.04. The average molecular weight is 331 g/mol. The SMILES string of the molecule is CCCCC[C@@H](c1ccc(OC)c(F)c1)N1CCNCC1.Cl. The smallest absolute Gasteiger partial charge is 0.165 e. The minimum absolute atomic E-state index is 0. The highest BCUT2D eigenvalue weighted by Gasteiger charge is 2.22. The predicted octanol–water partition coefficient (Wildman–Crippen LogP) is 3.78. The summed E-state index contributed by atoms with van der Waals surface area (Å²) in [4.78, 5) is 2.48. The maximum Gasteiger partial charge on any atom is 0.165 e. The maximum absolute atomic E-state index is 14.0.